The molecular formula is C22H26N4O6S. The standard InChI is InChI=1S/C22H26N4O6S/c1-2-16(22(30)31)24-21(29)20(14-7-9-15(27)10-8-14)25-19(28)13-32-26-12-11-23-17-5-3-4-6-18(17)33-26/h3-10,16,20,23,27H,2,11-13H2,1H3,(H,24,29)(H,25,28)(H,30,31)/t16-,20+/m0/s1. The largest absolute Gasteiger partial charge is 0.508 e. The number of carbonyl (C=O) groups excluding carboxylic acids is 2. The highest BCUT2D eigenvalue weighted by molar-refractivity contribution is 7.97. The number of para-hydroxylation sites is 1. The molecule has 1 aliphatic heterocycles. The fourth-order valence-electron chi connectivity index (χ4n) is 3.11. The van der Waals surface area contributed by atoms with Crippen molar-refractivity contribution in [1.82, 2.24) is 15.1 Å². The molecule has 33 heavy (non-hydrogen) atoms. The summed E-state index contributed by atoms with van der Waals surface area (Å²) in [4.78, 5) is 43.3. The molecule has 0 radical (unpaired) electrons. The van der Waals surface area contributed by atoms with Gasteiger partial charge in [-0.1, -0.05) is 31.2 Å². The van der Waals surface area contributed by atoms with Crippen LogP contribution in [0.4, 0.5) is 5.69 Å². The maximum Gasteiger partial charge on any atom is 0.326 e. The van der Waals surface area contributed by atoms with Gasteiger partial charge in [0.25, 0.3) is 0 Å². The number of carbonyl (C=O) groups is 3. The maximum atomic E-state index is 12.8. The number of phenolic OH excluding ortho intramolecular Hbond substituents is 1. The number of rotatable bonds is 9. The lowest BCUT2D eigenvalue weighted by Gasteiger charge is -2.22. The van der Waals surface area contributed by atoms with Crippen LogP contribution in [0.5, 0.6) is 5.75 Å². The minimum Gasteiger partial charge on any atom is -0.508 e. The second-order valence-electron chi connectivity index (χ2n) is 7.24. The van der Waals surface area contributed by atoms with Gasteiger partial charge in [-0.3, -0.25) is 14.4 Å². The summed E-state index contributed by atoms with van der Waals surface area (Å²) in [6.45, 7) is 2.43. The zero-order valence-electron chi connectivity index (χ0n) is 18.0. The Kier molecular flexibility index (Phi) is 8.52. The van der Waals surface area contributed by atoms with E-state index in [1.54, 1.807) is 11.4 Å². The first-order valence-electron chi connectivity index (χ1n) is 10.4. The smallest absolute Gasteiger partial charge is 0.326 e. The Hall–Kier alpha value is -3.28. The summed E-state index contributed by atoms with van der Waals surface area (Å²) in [6.07, 6.45) is 0.183. The molecule has 2 aromatic rings. The molecule has 1 aliphatic rings. The number of nitrogens with one attached hydrogen (secondary N) is 3. The van der Waals surface area contributed by atoms with Gasteiger partial charge in [-0.2, -0.15) is 0 Å². The molecular weight excluding hydrogens is 448 g/mol. The quantitative estimate of drug-likeness (QED) is 0.345. The lowest BCUT2D eigenvalue weighted by atomic mass is 10.0. The van der Waals surface area contributed by atoms with Crippen LogP contribution in [0.2, 0.25) is 0 Å². The van der Waals surface area contributed by atoms with Crippen molar-refractivity contribution >= 4 is 35.4 Å². The van der Waals surface area contributed by atoms with Crippen molar-refractivity contribution in [2.45, 2.75) is 30.3 Å². The van der Waals surface area contributed by atoms with Gasteiger partial charge in [-0.05, 0) is 48.2 Å². The number of amides is 2. The summed E-state index contributed by atoms with van der Waals surface area (Å²) in [6, 6.07) is 11.2. The molecule has 176 valence electrons. The molecule has 0 aliphatic carbocycles. The van der Waals surface area contributed by atoms with E-state index in [-0.39, 0.29) is 18.8 Å². The molecule has 5 N–H and O–H groups in total. The van der Waals surface area contributed by atoms with E-state index >= 15 is 0 Å². The van der Waals surface area contributed by atoms with Crippen molar-refractivity contribution in [3.63, 3.8) is 0 Å². The van der Waals surface area contributed by atoms with Gasteiger partial charge in [-0.15, -0.1) is 4.47 Å². The Morgan fingerprint density at radius 3 is 2.58 bits per heavy atom. The van der Waals surface area contributed by atoms with Gasteiger partial charge in [0.05, 0.1) is 6.54 Å². The van der Waals surface area contributed by atoms with E-state index in [4.69, 9.17) is 4.84 Å². The minimum atomic E-state index is -1.17. The second-order valence-corrected chi connectivity index (χ2v) is 8.27. The SMILES string of the molecule is CC[C@H](NC(=O)[C@H](NC(=O)CON1CCNc2ccccc2S1)c1ccc(O)cc1)C(=O)O. The van der Waals surface area contributed by atoms with Crippen molar-refractivity contribution < 1.29 is 29.4 Å². The normalized spacial score (nSPS) is 15.3. The number of nitrogens with zero attached hydrogens (tertiary/aromatic N) is 1. The highest BCUT2D eigenvalue weighted by atomic mass is 32.2. The zero-order chi connectivity index (χ0) is 23.8. The number of phenols is 1. The Balaban J connectivity index is 1.65. The van der Waals surface area contributed by atoms with Crippen LogP contribution in [0.3, 0.4) is 0 Å². The number of hydrogen-bond donors (Lipinski definition) is 5. The lowest BCUT2D eigenvalue weighted by molar-refractivity contribution is -0.143. The lowest BCUT2D eigenvalue weighted by Crippen LogP contribution is -2.47. The molecule has 2 atom stereocenters. The number of benzene rings is 2. The highest BCUT2D eigenvalue weighted by Crippen LogP contribution is 2.32. The third-order valence-electron chi connectivity index (χ3n) is 4.85. The van der Waals surface area contributed by atoms with Gasteiger partial charge < -0.3 is 26.2 Å². The average Bonchev–Trinajstić information content (AvgIpc) is 3.02. The fraction of sp³-hybridized carbons (Fsp3) is 0.318. The van der Waals surface area contributed by atoms with E-state index in [1.165, 1.54) is 36.2 Å². The van der Waals surface area contributed by atoms with Crippen molar-refractivity contribution in [2.75, 3.05) is 25.0 Å². The molecule has 0 fully saturated rings. The molecule has 1 heterocycles. The third kappa shape index (κ3) is 6.85. The summed E-state index contributed by atoms with van der Waals surface area (Å²) in [5.41, 5.74) is 1.37. The topological polar surface area (TPSA) is 140 Å². The first-order chi connectivity index (χ1) is 15.9. The number of carboxylic acid groups (broad SMARTS) is 1. The molecule has 0 spiro atoms. The molecule has 2 amide bonds. The summed E-state index contributed by atoms with van der Waals surface area (Å²) in [5, 5.41) is 27.1. The van der Waals surface area contributed by atoms with Gasteiger partial charge >= 0.3 is 5.97 Å². The Bertz CT molecular complexity index is 987. The number of hydroxylamine groups is 1. The molecule has 2 aromatic carbocycles. The maximum absolute atomic E-state index is 12.8. The summed E-state index contributed by atoms with van der Waals surface area (Å²) in [5.74, 6) is -2.41. The van der Waals surface area contributed by atoms with Crippen LogP contribution >= 0.6 is 11.9 Å². The molecule has 3 rings (SSSR count). The predicted molar refractivity (Wildman–Crippen MR) is 122 cm³/mol. The van der Waals surface area contributed by atoms with Crippen molar-refractivity contribution in [1.29, 1.82) is 0 Å². The van der Waals surface area contributed by atoms with Gasteiger partial charge in [0.15, 0.2) is 0 Å². The van der Waals surface area contributed by atoms with Gasteiger partial charge in [0.1, 0.15) is 24.4 Å². The summed E-state index contributed by atoms with van der Waals surface area (Å²) >= 11 is 1.35. The molecule has 11 heteroatoms. The van der Waals surface area contributed by atoms with Crippen molar-refractivity contribution in [2.24, 2.45) is 0 Å². The second kappa shape index (κ2) is 11.5. The summed E-state index contributed by atoms with van der Waals surface area (Å²) < 4.78 is 1.59. The number of aliphatic carboxylic acids is 1. The fourth-order valence-corrected chi connectivity index (χ4v) is 4.00. The molecule has 0 aromatic heterocycles. The van der Waals surface area contributed by atoms with Gasteiger partial charge in [0, 0.05) is 17.1 Å². The average molecular weight is 475 g/mol. The van der Waals surface area contributed by atoms with Crippen LogP contribution in [0.15, 0.2) is 53.4 Å². The predicted octanol–water partition coefficient (Wildman–Crippen LogP) is 1.90. The Labute approximate surface area is 195 Å². The van der Waals surface area contributed by atoms with Crippen LogP contribution in [-0.4, -0.2) is 58.2 Å². The molecule has 0 saturated heterocycles. The third-order valence-corrected chi connectivity index (χ3v) is 5.90. The van der Waals surface area contributed by atoms with Crippen LogP contribution in [-0.2, 0) is 19.2 Å². The molecule has 0 unspecified atom stereocenters. The Morgan fingerprint density at radius 2 is 1.88 bits per heavy atom. The van der Waals surface area contributed by atoms with E-state index in [2.05, 4.69) is 16.0 Å². The first-order valence-corrected chi connectivity index (χ1v) is 11.2. The van der Waals surface area contributed by atoms with E-state index < -0.39 is 29.9 Å². The monoisotopic (exact) mass is 474 g/mol. The van der Waals surface area contributed by atoms with Crippen molar-refractivity contribution in [3.05, 3.63) is 54.1 Å². The molecule has 0 saturated carbocycles. The number of aromatic hydroxyl groups is 1. The van der Waals surface area contributed by atoms with E-state index in [1.807, 2.05) is 24.3 Å². The Morgan fingerprint density at radius 1 is 1.15 bits per heavy atom. The molecule has 0 bridgehead atoms. The van der Waals surface area contributed by atoms with Crippen LogP contribution in [0.1, 0.15) is 24.9 Å². The van der Waals surface area contributed by atoms with E-state index in [9.17, 15) is 24.6 Å². The number of fused-ring (bicyclic) bond motifs is 1. The zero-order valence-corrected chi connectivity index (χ0v) is 18.8. The highest BCUT2D eigenvalue weighted by Gasteiger charge is 2.27. The summed E-state index contributed by atoms with van der Waals surface area (Å²) in [7, 11) is 0. The van der Waals surface area contributed by atoms with E-state index in [0.29, 0.717) is 18.7 Å². The first kappa shape index (κ1) is 24.4. The van der Waals surface area contributed by atoms with E-state index in [0.717, 1.165) is 10.6 Å². The number of carboxylic acids is 1. The van der Waals surface area contributed by atoms with Crippen LogP contribution in [0.25, 0.3) is 0 Å². The van der Waals surface area contributed by atoms with Crippen molar-refractivity contribution in [3.8, 4) is 5.75 Å². The molecule has 10 nitrogen and oxygen atoms in total. The van der Waals surface area contributed by atoms with Gasteiger partial charge in [-0.25, -0.2) is 4.79 Å². The minimum absolute atomic E-state index is 0.00313. The number of anilines is 1. The van der Waals surface area contributed by atoms with Crippen LogP contribution in [0, 0.1) is 0 Å². The van der Waals surface area contributed by atoms with Gasteiger partial charge in [0.2, 0.25) is 11.8 Å². The number of hydrogen-bond acceptors (Lipinski definition) is 8. The van der Waals surface area contributed by atoms with Crippen LogP contribution < -0.4 is 16.0 Å².